The van der Waals surface area contributed by atoms with Crippen molar-refractivity contribution in [3.8, 4) is 11.5 Å². The maximum Gasteiger partial charge on any atom is 0.135 e. The lowest BCUT2D eigenvalue weighted by Gasteiger charge is -2.16. The summed E-state index contributed by atoms with van der Waals surface area (Å²) < 4.78 is 15.5. The molecular weight excluding hydrogens is 194 g/mol. The fourth-order valence-electron chi connectivity index (χ4n) is 1.42. The van der Waals surface area contributed by atoms with Crippen molar-refractivity contribution in [2.75, 3.05) is 21.3 Å². The van der Waals surface area contributed by atoms with Crippen LogP contribution in [0.2, 0.25) is 0 Å². The number of rotatable bonds is 4. The van der Waals surface area contributed by atoms with Crippen molar-refractivity contribution < 1.29 is 14.2 Å². The molecular formula is C11H17NO3. The molecule has 84 valence electrons. The zero-order valence-corrected chi connectivity index (χ0v) is 9.53. The van der Waals surface area contributed by atoms with E-state index in [1.54, 1.807) is 21.3 Å². The van der Waals surface area contributed by atoms with Gasteiger partial charge < -0.3 is 19.9 Å². The third kappa shape index (κ3) is 2.40. The van der Waals surface area contributed by atoms with E-state index in [2.05, 4.69) is 0 Å². The first-order valence-electron chi connectivity index (χ1n) is 4.65. The summed E-state index contributed by atoms with van der Waals surface area (Å²) in [5, 5.41) is 0. The van der Waals surface area contributed by atoms with E-state index in [4.69, 9.17) is 19.9 Å². The van der Waals surface area contributed by atoms with Gasteiger partial charge in [0.2, 0.25) is 0 Å². The molecule has 4 nitrogen and oxygen atoms in total. The first-order chi connectivity index (χ1) is 7.13. The Morgan fingerprint density at radius 1 is 1.07 bits per heavy atom. The quantitative estimate of drug-likeness (QED) is 0.769. The molecule has 0 fully saturated rings. The number of nitrogens with two attached hydrogens (primary N) is 1. The van der Waals surface area contributed by atoms with Crippen LogP contribution in [0.25, 0.3) is 0 Å². The fourth-order valence-corrected chi connectivity index (χ4v) is 1.42. The lowest BCUT2D eigenvalue weighted by Crippen LogP contribution is -2.13. The van der Waals surface area contributed by atoms with Crippen molar-refractivity contribution >= 4 is 0 Å². The largest absolute Gasteiger partial charge is 0.496 e. The Balaban J connectivity index is 3.22. The van der Waals surface area contributed by atoms with Crippen LogP contribution < -0.4 is 15.2 Å². The Kier molecular flexibility index (Phi) is 3.94. The molecule has 1 unspecified atom stereocenters. The molecule has 0 spiro atoms. The highest BCUT2D eigenvalue weighted by Crippen LogP contribution is 2.31. The van der Waals surface area contributed by atoms with Crippen LogP contribution in [0.1, 0.15) is 17.4 Å². The van der Waals surface area contributed by atoms with Gasteiger partial charge in [-0.1, -0.05) is 0 Å². The van der Waals surface area contributed by atoms with E-state index in [-0.39, 0.29) is 0 Å². The first-order valence-corrected chi connectivity index (χ1v) is 4.65. The number of aryl methyl sites for hydroxylation is 1. The summed E-state index contributed by atoms with van der Waals surface area (Å²) in [5.74, 6) is 1.49. The van der Waals surface area contributed by atoms with Gasteiger partial charge in [0.05, 0.1) is 14.2 Å². The SMILES string of the molecule is COc1cc(C(N)OC)c(OC)cc1C. The van der Waals surface area contributed by atoms with Gasteiger partial charge in [-0.05, 0) is 24.6 Å². The van der Waals surface area contributed by atoms with Gasteiger partial charge in [0.25, 0.3) is 0 Å². The Morgan fingerprint density at radius 2 is 1.67 bits per heavy atom. The van der Waals surface area contributed by atoms with Gasteiger partial charge in [0.15, 0.2) is 0 Å². The van der Waals surface area contributed by atoms with Crippen LogP contribution in [-0.4, -0.2) is 21.3 Å². The lowest BCUT2D eigenvalue weighted by atomic mass is 10.1. The third-order valence-electron chi connectivity index (χ3n) is 2.31. The second-order valence-corrected chi connectivity index (χ2v) is 3.22. The molecule has 2 N–H and O–H groups in total. The number of ether oxygens (including phenoxy) is 3. The highest BCUT2D eigenvalue weighted by atomic mass is 16.5. The minimum Gasteiger partial charge on any atom is -0.496 e. The van der Waals surface area contributed by atoms with Crippen molar-refractivity contribution in [2.45, 2.75) is 13.2 Å². The molecule has 0 aromatic heterocycles. The Hall–Kier alpha value is -1.26. The predicted molar refractivity (Wildman–Crippen MR) is 58.2 cm³/mol. The number of methoxy groups -OCH3 is 3. The van der Waals surface area contributed by atoms with Gasteiger partial charge in [0.1, 0.15) is 17.7 Å². The van der Waals surface area contributed by atoms with E-state index < -0.39 is 6.23 Å². The summed E-state index contributed by atoms with van der Waals surface area (Å²) >= 11 is 0. The van der Waals surface area contributed by atoms with E-state index in [1.165, 1.54) is 0 Å². The topological polar surface area (TPSA) is 53.7 Å². The second-order valence-electron chi connectivity index (χ2n) is 3.22. The van der Waals surface area contributed by atoms with Crippen LogP contribution in [-0.2, 0) is 4.74 Å². The van der Waals surface area contributed by atoms with Crippen LogP contribution in [0.4, 0.5) is 0 Å². The highest BCUT2D eigenvalue weighted by molar-refractivity contribution is 5.46. The number of hydrogen-bond donors (Lipinski definition) is 1. The molecule has 0 heterocycles. The number of benzene rings is 1. The lowest BCUT2D eigenvalue weighted by molar-refractivity contribution is 0.106. The Bertz CT molecular complexity index is 339. The molecule has 1 aromatic rings. The molecule has 0 saturated carbocycles. The maximum absolute atomic E-state index is 5.79. The second kappa shape index (κ2) is 5.00. The molecule has 0 saturated heterocycles. The fraction of sp³-hybridized carbons (Fsp3) is 0.455. The average Bonchev–Trinajstić information content (AvgIpc) is 2.27. The summed E-state index contributed by atoms with van der Waals surface area (Å²) in [6.07, 6.45) is -0.505. The Morgan fingerprint density at radius 3 is 2.13 bits per heavy atom. The minimum absolute atomic E-state index is 0.505. The maximum atomic E-state index is 5.79. The van der Waals surface area contributed by atoms with E-state index in [9.17, 15) is 0 Å². The smallest absolute Gasteiger partial charge is 0.135 e. The molecule has 1 atom stereocenters. The van der Waals surface area contributed by atoms with Crippen LogP contribution in [0, 0.1) is 6.92 Å². The van der Waals surface area contributed by atoms with Gasteiger partial charge in [-0.25, -0.2) is 0 Å². The van der Waals surface area contributed by atoms with E-state index in [0.29, 0.717) is 5.75 Å². The standard InChI is InChI=1S/C11H17NO3/c1-7-5-10(14-3)8(11(12)15-4)6-9(7)13-2/h5-6,11H,12H2,1-4H3. The normalized spacial score (nSPS) is 12.3. The van der Waals surface area contributed by atoms with E-state index in [1.807, 2.05) is 19.1 Å². The van der Waals surface area contributed by atoms with Gasteiger partial charge in [-0.2, -0.15) is 0 Å². The zero-order chi connectivity index (χ0) is 11.4. The molecule has 0 radical (unpaired) electrons. The molecule has 0 aliphatic rings. The first kappa shape index (κ1) is 11.8. The van der Waals surface area contributed by atoms with Crippen molar-refractivity contribution in [1.29, 1.82) is 0 Å². The van der Waals surface area contributed by atoms with E-state index in [0.717, 1.165) is 16.9 Å². The molecule has 15 heavy (non-hydrogen) atoms. The third-order valence-corrected chi connectivity index (χ3v) is 2.31. The van der Waals surface area contributed by atoms with Gasteiger partial charge in [-0.15, -0.1) is 0 Å². The van der Waals surface area contributed by atoms with Gasteiger partial charge >= 0.3 is 0 Å². The molecule has 0 aliphatic carbocycles. The van der Waals surface area contributed by atoms with Crippen molar-refractivity contribution in [3.05, 3.63) is 23.3 Å². The summed E-state index contributed by atoms with van der Waals surface area (Å²) in [4.78, 5) is 0. The Labute approximate surface area is 89.9 Å². The molecule has 1 aromatic carbocycles. The minimum atomic E-state index is -0.505. The van der Waals surface area contributed by atoms with Crippen molar-refractivity contribution in [3.63, 3.8) is 0 Å². The predicted octanol–water partition coefficient (Wildman–Crippen LogP) is 1.62. The van der Waals surface area contributed by atoms with Crippen LogP contribution >= 0.6 is 0 Å². The van der Waals surface area contributed by atoms with Crippen molar-refractivity contribution in [2.24, 2.45) is 5.73 Å². The average molecular weight is 211 g/mol. The summed E-state index contributed by atoms with van der Waals surface area (Å²) in [6, 6.07) is 3.72. The van der Waals surface area contributed by atoms with Crippen LogP contribution in [0.15, 0.2) is 12.1 Å². The van der Waals surface area contributed by atoms with E-state index >= 15 is 0 Å². The molecule has 4 heteroatoms. The monoisotopic (exact) mass is 211 g/mol. The summed E-state index contributed by atoms with van der Waals surface area (Å²) in [6.45, 7) is 1.95. The van der Waals surface area contributed by atoms with Crippen LogP contribution in [0.5, 0.6) is 11.5 Å². The zero-order valence-electron chi connectivity index (χ0n) is 9.53. The number of hydrogen-bond acceptors (Lipinski definition) is 4. The molecule has 0 bridgehead atoms. The summed E-state index contributed by atoms with van der Waals surface area (Å²) in [7, 11) is 4.78. The van der Waals surface area contributed by atoms with Crippen LogP contribution in [0.3, 0.4) is 0 Å². The van der Waals surface area contributed by atoms with Gasteiger partial charge in [-0.3, -0.25) is 0 Å². The highest BCUT2D eigenvalue weighted by Gasteiger charge is 2.14. The molecule has 0 amide bonds. The van der Waals surface area contributed by atoms with Crippen molar-refractivity contribution in [1.82, 2.24) is 0 Å². The summed E-state index contributed by atoms with van der Waals surface area (Å²) in [5.41, 5.74) is 7.57. The molecule has 0 aliphatic heterocycles. The van der Waals surface area contributed by atoms with Gasteiger partial charge in [0, 0.05) is 12.7 Å². The molecule has 1 rings (SSSR count).